The highest BCUT2D eigenvalue weighted by atomic mass is 16.5. The van der Waals surface area contributed by atoms with E-state index in [0.29, 0.717) is 32.7 Å². The molecule has 5 aromatic rings. The second-order valence-electron chi connectivity index (χ2n) is 17.8. The van der Waals surface area contributed by atoms with Crippen molar-refractivity contribution in [2.45, 2.75) is 83.3 Å². The number of benzene rings is 4. The standard InChI is InChI=1S/C50H56N6O7/c1-29(2)46(54-50(60)62-4)49(59)56-20-6-8-44(56)47-51-28-42(53-47)36-12-11-32-23-31(9-10-33(32)25-36)34-13-15-37-35(24-34)14-16-40-39(37)26-41(52-40)43-7-5-19-55(43)48(58)38(27-45(57)61-3)30-17-21-63-22-18-30/h9-16,23-25,28-30,38,43-44,46H,5-8,17-22,26-27H2,1-4H3,(H,51,53)(H,54,60)/t38-,43-,44-,46-/m0/s1. The molecule has 0 spiro atoms. The van der Waals surface area contributed by atoms with E-state index in [4.69, 9.17) is 24.2 Å². The maximum Gasteiger partial charge on any atom is 0.407 e. The van der Waals surface area contributed by atoms with Crippen molar-refractivity contribution in [2.75, 3.05) is 40.5 Å². The lowest BCUT2D eigenvalue weighted by atomic mass is 9.82. The minimum Gasteiger partial charge on any atom is -0.469 e. The average molecular weight is 853 g/mol. The molecule has 5 heterocycles. The third kappa shape index (κ3) is 8.42. The third-order valence-corrected chi connectivity index (χ3v) is 13.7. The molecule has 0 aliphatic carbocycles. The van der Waals surface area contributed by atoms with Crippen LogP contribution < -0.4 is 5.32 Å². The second-order valence-corrected chi connectivity index (χ2v) is 17.8. The van der Waals surface area contributed by atoms with Gasteiger partial charge in [-0.2, -0.15) is 0 Å². The molecule has 13 nitrogen and oxygen atoms in total. The highest BCUT2D eigenvalue weighted by Gasteiger charge is 2.42. The number of hydrogen-bond acceptors (Lipinski definition) is 9. The Hall–Kier alpha value is -6.08. The van der Waals surface area contributed by atoms with Gasteiger partial charge in [-0.1, -0.05) is 56.3 Å². The number of carbonyl (C=O) groups excluding carboxylic acids is 4. The number of aromatic amines is 1. The maximum absolute atomic E-state index is 14.2. The summed E-state index contributed by atoms with van der Waals surface area (Å²) in [6.45, 7) is 6.31. The molecule has 0 radical (unpaired) electrons. The molecule has 4 atom stereocenters. The van der Waals surface area contributed by atoms with Crippen LogP contribution >= 0.6 is 0 Å². The molecule has 3 saturated heterocycles. The van der Waals surface area contributed by atoms with E-state index in [9.17, 15) is 19.2 Å². The van der Waals surface area contributed by atoms with Gasteiger partial charge >= 0.3 is 12.1 Å². The zero-order chi connectivity index (χ0) is 43.8. The number of carbonyl (C=O) groups is 4. The van der Waals surface area contributed by atoms with Gasteiger partial charge in [0.15, 0.2) is 0 Å². The summed E-state index contributed by atoms with van der Waals surface area (Å²) in [7, 11) is 2.68. The highest BCUT2D eigenvalue weighted by molar-refractivity contribution is 6.06. The van der Waals surface area contributed by atoms with Gasteiger partial charge in [-0.05, 0) is 113 Å². The van der Waals surface area contributed by atoms with E-state index >= 15 is 0 Å². The summed E-state index contributed by atoms with van der Waals surface area (Å²) in [6, 6.07) is 22.9. The lowest BCUT2D eigenvalue weighted by Gasteiger charge is -2.34. The number of nitrogens with one attached hydrogen (secondary N) is 2. The molecule has 4 aromatic carbocycles. The van der Waals surface area contributed by atoms with Crippen molar-refractivity contribution in [3.8, 4) is 22.4 Å². The lowest BCUT2D eigenvalue weighted by Crippen LogP contribution is -2.51. The van der Waals surface area contributed by atoms with Gasteiger partial charge in [0.25, 0.3) is 0 Å². The Kier molecular flexibility index (Phi) is 12.0. The molecule has 2 N–H and O–H groups in total. The molecule has 3 fully saturated rings. The predicted octanol–water partition coefficient (Wildman–Crippen LogP) is 8.32. The van der Waals surface area contributed by atoms with Gasteiger partial charge in [0.2, 0.25) is 11.8 Å². The molecule has 4 aliphatic heterocycles. The number of hydrogen-bond donors (Lipinski definition) is 2. The van der Waals surface area contributed by atoms with Crippen LogP contribution in [0.4, 0.5) is 10.5 Å². The fourth-order valence-corrected chi connectivity index (χ4v) is 10.3. The molecule has 0 unspecified atom stereocenters. The lowest BCUT2D eigenvalue weighted by molar-refractivity contribution is -0.149. The number of ether oxygens (including phenoxy) is 3. The Morgan fingerprint density at radius 2 is 1.44 bits per heavy atom. The number of esters is 1. The van der Waals surface area contributed by atoms with Crippen molar-refractivity contribution < 1.29 is 33.4 Å². The number of aliphatic imine (C=N–C) groups is 1. The van der Waals surface area contributed by atoms with Crippen LogP contribution in [-0.2, 0) is 35.0 Å². The Balaban J connectivity index is 0.893. The summed E-state index contributed by atoms with van der Waals surface area (Å²) in [6.07, 6.45) is 6.96. The van der Waals surface area contributed by atoms with Crippen LogP contribution in [0.25, 0.3) is 43.9 Å². The van der Waals surface area contributed by atoms with Crippen molar-refractivity contribution >= 4 is 56.8 Å². The summed E-state index contributed by atoms with van der Waals surface area (Å²) in [4.78, 5) is 69.5. The SMILES string of the molecule is COC(=O)C[C@H](C(=O)N1CCC[C@H]1C1=Nc2ccc3cc(-c4ccc5cc(-c6cnc([C@@H]7CCCN7C(=O)[C@@H](NC(=O)OC)C(C)C)[nH]6)ccc5c4)ccc3c2C1)C1CCOCC1. The van der Waals surface area contributed by atoms with Crippen molar-refractivity contribution in [3.05, 3.63) is 84.3 Å². The zero-order valence-electron chi connectivity index (χ0n) is 36.5. The molecule has 63 heavy (non-hydrogen) atoms. The molecule has 13 heteroatoms. The van der Waals surface area contributed by atoms with E-state index in [1.165, 1.54) is 25.2 Å². The van der Waals surface area contributed by atoms with Crippen LogP contribution in [0, 0.1) is 17.8 Å². The number of imidazole rings is 1. The van der Waals surface area contributed by atoms with Gasteiger partial charge in [0.05, 0.1) is 56.2 Å². The van der Waals surface area contributed by atoms with E-state index in [-0.39, 0.29) is 48.1 Å². The van der Waals surface area contributed by atoms with Crippen LogP contribution in [0.5, 0.6) is 0 Å². The number of rotatable bonds is 11. The zero-order valence-corrected chi connectivity index (χ0v) is 36.5. The Labute approximate surface area is 367 Å². The smallest absolute Gasteiger partial charge is 0.407 e. The van der Waals surface area contributed by atoms with E-state index in [0.717, 1.165) is 94.3 Å². The number of nitrogens with zero attached hydrogens (tertiary/aromatic N) is 4. The monoisotopic (exact) mass is 852 g/mol. The molecule has 0 bridgehead atoms. The molecule has 0 saturated carbocycles. The predicted molar refractivity (Wildman–Crippen MR) is 242 cm³/mol. The fraction of sp³-hybridized carbons (Fsp3) is 0.440. The molecule has 4 aliphatic rings. The summed E-state index contributed by atoms with van der Waals surface area (Å²) >= 11 is 0. The van der Waals surface area contributed by atoms with E-state index in [2.05, 4.69) is 77.0 Å². The van der Waals surface area contributed by atoms with Gasteiger partial charge in [-0.25, -0.2) is 9.78 Å². The number of H-pyrrole nitrogens is 1. The van der Waals surface area contributed by atoms with E-state index in [1.54, 1.807) is 0 Å². The van der Waals surface area contributed by atoms with Crippen molar-refractivity contribution in [1.82, 2.24) is 25.1 Å². The van der Waals surface area contributed by atoms with Crippen molar-refractivity contribution in [3.63, 3.8) is 0 Å². The molecule has 9 rings (SSSR count). The quantitative estimate of drug-likeness (QED) is 0.126. The van der Waals surface area contributed by atoms with Crippen molar-refractivity contribution in [1.29, 1.82) is 0 Å². The van der Waals surface area contributed by atoms with Gasteiger partial charge in [-0.15, -0.1) is 0 Å². The first-order chi connectivity index (χ1) is 30.6. The maximum atomic E-state index is 14.2. The third-order valence-electron chi connectivity index (χ3n) is 13.7. The van der Waals surface area contributed by atoms with E-state index in [1.807, 2.05) is 29.8 Å². The normalized spacial score (nSPS) is 19.9. The van der Waals surface area contributed by atoms with Gasteiger partial charge in [0.1, 0.15) is 11.9 Å². The number of fused-ring (bicyclic) bond motifs is 4. The first-order valence-electron chi connectivity index (χ1n) is 22.4. The molecule has 328 valence electrons. The summed E-state index contributed by atoms with van der Waals surface area (Å²) < 4.78 is 15.4. The van der Waals surface area contributed by atoms with Crippen LogP contribution in [0.3, 0.4) is 0 Å². The Bertz CT molecular complexity index is 2590. The number of methoxy groups -OCH3 is 2. The molecule has 3 amide bonds. The average Bonchev–Trinajstić information content (AvgIpc) is 4.16. The minimum absolute atomic E-state index is 0.0406. The summed E-state index contributed by atoms with van der Waals surface area (Å²) in [5.41, 5.74) is 7.31. The first-order valence-corrected chi connectivity index (χ1v) is 22.4. The number of alkyl carbamates (subject to hydrolysis) is 1. The molecule has 1 aromatic heterocycles. The number of likely N-dealkylation sites (tertiary alicyclic amines) is 2. The Morgan fingerprint density at radius 1 is 0.794 bits per heavy atom. The molecular formula is C50H56N6O7. The van der Waals surface area contributed by atoms with Crippen LogP contribution in [-0.4, -0.2) is 102 Å². The van der Waals surface area contributed by atoms with Crippen LogP contribution in [0.15, 0.2) is 77.9 Å². The van der Waals surface area contributed by atoms with Crippen LogP contribution in [0.1, 0.15) is 76.2 Å². The molecular weight excluding hydrogens is 797 g/mol. The fourth-order valence-electron chi connectivity index (χ4n) is 10.3. The number of aromatic nitrogens is 2. The summed E-state index contributed by atoms with van der Waals surface area (Å²) in [5, 5.41) is 7.25. The van der Waals surface area contributed by atoms with Crippen LogP contribution in [0.2, 0.25) is 0 Å². The van der Waals surface area contributed by atoms with Crippen molar-refractivity contribution in [2.24, 2.45) is 22.7 Å². The van der Waals surface area contributed by atoms with Gasteiger partial charge in [0, 0.05) is 44.0 Å². The number of amides is 3. The van der Waals surface area contributed by atoms with E-state index < -0.39 is 18.1 Å². The Morgan fingerprint density at radius 3 is 2.16 bits per heavy atom. The topological polar surface area (TPSA) is 156 Å². The minimum atomic E-state index is -0.688. The largest absolute Gasteiger partial charge is 0.469 e. The van der Waals surface area contributed by atoms with Gasteiger partial charge < -0.3 is 34.3 Å². The first kappa shape index (κ1) is 42.2. The second kappa shape index (κ2) is 18.0. The summed E-state index contributed by atoms with van der Waals surface area (Å²) in [5.74, 6) is -0.121. The van der Waals surface area contributed by atoms with Gasteiger partial charge in [-0.3, -0.25) is 19.4 Å². The highest BCUT2D eigenvalue weighted by Crippen LogP contribution is 2.40.